The van der Waals surface area contributed by atoms with Crippen LogP contribution in [0, 0.1) is 5.92 Å². The average molecular weight is 406 g/mol. The molecule has 9 heteroatoms. The van der Waals surface area contributed by atoms with E-state index in [1.807, 2.05) is 6.92 Å². The van der Waals surface area contributed by atoms with Gasteiger partial charge in [-0.15, -0.1) is 10.2 Å². The fraction of sp³-hybridized carbons (Fsp3) is 0.850. The molecule has 4 unspecified atom stereocenters. The SMILES string of the molecule is CCOCCCNC(=O)CCCc1nnc2n1C1CCCCC1C1NC(C)NN21. The van der Waals surface area contributed by atoms with Crippen molar-refractivity contribution in [3.8, 4) is 0 Å². The number of fused-ring (bicyclic) bond motifs is 6. The van der Waals surface area contributed by atoms with Crippen LogP contribution in [0.2, 0.25) is 0 Å². The Morgan fingerprint density at radius 3 is 3.00 bits per heavy atom. The van der Waals surface area contributed by atoms with Gasteiger partial charge in [0.15, 0.2) is 0 Å². The third-order valence-electron chi connectivity index (χ3n) is 6.31. The Balaban J connectivity index is 1.35. The molecular weight excluding hydrogens is 370 g/mol. The lowest BCUT2D eigenvalue weighted by Crippen LogP contribution is -2.53. The van der Waals surface area contributed by atoms with Crippen molar-refractivity contribution in [3.05, 3.63) is 5.82 Å². The molecule has 1 aromatic heterocycles. The van der Waals surface area contributed by atoms with Gasteiger partial charge in [-0.2, -0.15) is 0 Å². The minimum Gasteiger partial charge on any atom is -0.382 e. The number of hydrogen-bond donors (Lipinski definition) is 3. The lowest BCUT2D eigenvalue weighted by atomic mass is 9.81. The number of anilines is 1. The summed E-state index contributed by atoms with van der Waals surface area (Å²) in [5.41, 5.74) is 3.49. The number of rotatable bonds is 9. The Labute approximate surface area is 172 Å². The Morgan fingerprint density at radius 1 is 1.28 bits per heavy atom. The van der Waals surface area contributed by atoms with Crippen LogP contribution in [-0.4, -0.2) is 52.8 Å². The number of nitrogens with one attached hydrogen (secondary N) is 3. The lowest BCUT2D eigenvalue weighted by Gasteiger charge is -2.44. The molecule has 0 spiro atoms. The fourth-order valence-corrected chi connectivity index (χ4v) is 5.01. The smallest absolute Gasteiger partial charge is 0.243 e. The van der Waals surface area contributed by atoms with E-state index in [0.29, 0.717) is 37.7 Å². The molecule has 2 fully saturated rings. The highest BCUT2D eigenvalue weighted by molar-refractivity contribution is 5.75. The quantitative estimate of drug-likeness (QED) is 0.536. The van der Waals surface area contributed by atoms with Crippen molar-refractivity contribution < 1.29 is 9.53 Å². The van der Waals surface area contributed by atoms with Gasteiger partial charge in [0, 0.05) is 44.6 Å². The highest BCUT2D eigenvalue weighted by atomic mass is 16.5. The number of aromatic nitrogens is 3. The monoisotopic (exact) mass is 405 g/mol. The summed E-state index contributed by atoms with van der Waals surface area (Å²) in [6.07, 6.45) is 8.45. The molecule has 3 heterocycles. The van der Waals surface area contributed by atoms with Crippen LogP contribution in [0.1, 0.15) is 70.7 Å². The molecule has 1 aromatic rings. The van der Waals surface area contributed by atoms with E-state index in [-0.39, 0.29) is 12.1 Å². The van der Waals surface area contributed by atoms with Crippen LogP contribution in [0.15, 0.2) is 0 Å². The highest BCUT2D eigenvalue weighted by Crippen LogP contribution is 2.44. The fourth-order valence-electron chi connectivity index (χ4n) is 5.01. The van der Waals surface area contributed by atoms with E-state index < -0.39 is 0 Å². The minimum atomic E-state index is 0.106. The van der Waals surface area contributed by atoms with Crippen molar-refractivity contribution in [1.29, 1.82) is 0 Å². The largest absolute Gasteiger partial charge is 0.382 e. The molecule has 1 saturated heterocycles. The van der Waals surface area contributed by atoms with Crippen molar-refractivity contribution in [2.24, 2.45) is 5.92 Å². The van der Waals surface area contributed by atoms with Gasteiger partial charge in [-0.1, -0.05) is 12.8 Å². The van der Waals surface area contributed by atoms with Gasteiger partial charge < -0.3 is 10.1 Å². The molecule has 9 nitrogen and oxygen atoms in total. The standard InChI is InChI=1S/C20H35N7O2/c1-3-29-13-7-12-21-18(28)11-6-10-17-23-24-20-26(17)16-9-5-4-8-15(16)19-22-14(2)25-27(19)20/h14-16,19,22,25H,3-13H2,1-2H3,(H,21,28). The molecule has 0 aromatic carbocycles. The van der Waals surface area contributed by atoms with Gasteiger partial charge in [0.2, 0.25) is 11.9 Å². The van der Waals surface area contributed by atoms with E-state index in [1.165, 1.54) is 25.7 Å². The molecular formula is C20H35N7O2. The number of hydrazine groups is 1. The van der Waals surface area contributed by atoms with E-state index >= 15 is 0 Å². The second-order valence-corrected chi connectivity index (χ2v) is 8.39. The maximum atomic E-state index is 12.1. The van der Waals surface area contributed by atoms with Crippen LogP contribution in [0.25, 0.3) is 0 Å². The Morgan fingerprint density at radius 2 is 2.14 bits per heavy atom. The van der Waals surface area contributed by atoms with Crippen LogP contribution in [0.5, 0.6) is 0 Å². The first kappa shape index (κ1) is 20.6. The van der Waals surface area contributed by atoms with E-state index in [9.17, 15) is 4.79 Å². The summed E-state index contributed by atoms with van der Waals surface area (Å²) in [6, 6.07) is 0.456. The molecule has 29 heavy (non-hydrogen) atoms. The van der Waals surface area contributed by atoms with Crippen molar-refractivity contribution in [3.63, 3.8) is 0 Å². The summed E-state index contributed by atoms with van der Waals surface area (Å²) in [5, 5.41) is 17.9. The predicted octanol–water partition coefficient (Wildman–Crippen LogP) is 1.47. The summed E-state index contributed by atoms with van der Waals surface area (Å²) in [6.45, 7) is 6.22. The van der Waals surface area contributed by atoms with Gasteiger partial charge in [0.1, 0.15) is 12.0 Å². The maximum Gasteiger partial charge on any atom is 0.243 e. The normalized spacial score (nSPS) is 28.0. The second kappa shape index (κ2) is 9.40. The van der Waals surface area contributed by atoms with Gasteiger partial charge >= 0.3 is 0 Å². The van der Waals surface area contributed by atoms with Crippen LogP contribution >= 0.6 is 0 Å². The maximum absolute atomic E-state index is 12.1. The molecule has 4 rings (SSSR count). The summed E-state index contributed by atoms with van der Waals surface area (Å²) in [7, 11) is 0. The Kier molecular flexibility index (Phi) is 6.67. The van der Waals surface area contributed by atoms with E-state index in [1.54, 1.807) is 0 Å². The minimum absolute atomic E-state index is 0.106. The average Bonchev–Trinajstić information content (AvgIpc) is 3.31. The molecule has 0 bridgehead atoms. The van der Waals surface area contributed by atoms with Crippen LogP contribution in [-0.2, 0) is 16.0 Å². The van der Waals surface area contributed by atoms with Crippen molar-refractivity contribution in [2.45, 2.75) is 83.6 Å². The van der Waals surface area contributed by atoms with Gasteiger partial charge in [-0.3, -0.25) is 19.7 Å². The topological polar surface area (TPSA) is 96.3 Å². The summed E-state index contributed by atoms with van der Waals surface area (Å²) in [4.78, 5) is 12.1. The Bertz CT molecular complexity index is 694. The number of hydrogen-bond acceptors (Lipinski definition) is 7. The first-order valence-electron chi connectivity index (χ1n) is 11.3. The number of aryl methyl sites for hydroxylation is 1. The third kappa shape index (κ3) is 4.41. The first-order chi connectivity index (χ1) is 14.2. The van der Waals surface area contributed by atoms with Crippen LogP contribution in [0.4, 0.5) is 5.95 Å². The molecule has 3 N–H and O–H groups in total. The van der Waals surface area contributed by atoms with Gasteiger partial charge in [0.25, 0.3) is 0 Å². The van der Waals surface area contributed by atoms with Gasteiger partial charge in [-0.05, 0) is 39.5 Å². The molecule has 0 radical (unpaired) electrons. The van der Waals surface area contributed by atoms with Crippen molar-refractivity contribution in [2.75, 3.05) is 24.8 Å². The molecule has 3 aliphatic rings. The number of ether oxygens (including phenoxy) is 1. The molecule has 1 saturated carbocycles. The van der Waals surface area contributed by atoms with E-state index in [4.69, 9.17) is 4.74 Å². The summed E-state index contributed by atoms with van der Waals surface area (Å²) >= 11 is 0. The lowest BCUT2D eigenvalue weighted by molar-refractivity contribution is -0.121. The number of amides is 1. The third-order valence-corrected chi connectivity index (χ3v) is 6.31. The van der Waals surface area contributed by atoms with Crippen molar-refractivity contribution in [1.82, 2.24) is 30.8 Å². The number of carbonyl (C=O) groups is 1. The second-order valence-electron chi connectivity index (χ2n) is 8.39. The zero-order chi connectivity index (χ0) is 20.2. The molecule has 1 amide bonds. The van der Waals surface area contributed by atoms with Crippen LogP contribution in [0.3, 0.4) is 0 Å². The summed E-state index contributed by atoms with van der Waals surface area (Å²) < 4.78 is 7.65. The van der Waals surface area contributed by atoms with Crippen LogP contribution < -0.4 is 21.1 Å². The zero-order valence-corrected chi connectivity index (χ0v) is 17.7. The predicted molar refractivity (Wildman–Crippen MR) is 110 cm³/mol. The first-order valence-corrected chi connectivity index (χ1v) is 11.3. The highest BCUT2D eigenvalue weighted by Gasteiger charge is 2.47. The molecule has 162 valence electrons. The summed E-state index contributed by atoms with van der Waals surface area (Å²) in [5.74, 6) is 2.61. The van der Waals surface area contributed by atoms with Gasteiger partial charge in [0.05, 0.1) is 6.17 Å². The molecule has 4 atom stereocenters. The number of carbonyl (C=O) groups excluding carboxylic acids is 1. The zero-order valence-electron chi connectivity index (χ0n) is 17.7. The van der Waals surface area contributed by atoms with E-state index in [0.717, 1.165) is 37.6 Å². The van der Waals surface area contributed by atoms with Crippen molar-refractivity contribution >= 4 is 11.9 Å². The van der Waals surface area contributed by atoms with Gasteiger partial charge in [-0.25, -0.2) is 5.43 Å². The van der Waals surface area contributed by atoms with E-state index in [2.05, 4.69) is 42.8 Å². The molecule has 2 aliphatic heterocycles. The number of nitrogens with zero attached hydrogens (tertiary/aromatic N) is 4. The Hall–Kier alpha value is -1.71. The molecule has 1 aliphatic carbocycles.